The highest BCUT2D eigenvalue weighted by molar-refractivity contribution is 5.77. The summed E-state index contributed by atoms with van der Waals surface area (Å²) >= 11 is 0. The molecule has 0 radical (unpaired) electrons. The highest BCUT2D eigenvalue weighted by atomic mass is 19.1. The molecule has 1 aliphatic heterocycles. The van der Waals surface area contributed by atoms with Gasteiger partial charge in [0, 0.05) is 25.4 Å². The molecule has 132 valence electrons. The number of aromatic nitrogens is 2. The molecule has 0 saturated heterocycles. The van der Waals surface area contributed by atoms with E-state index in [1.807, 2.05) is 41.4 Å². The maximum atomic E-state index is 13.8. The Hall–Kier alpha value is -2.95. The highest BCUT2D eigenvalue weighted by Gasteiger charge is 2.31. The Morgan fingerprint density at radius 3 is 2.69 bits per heavy atom. The molecule has 1 aliphatic rings. The molecule has 1 amide bonds. The van der Waals surface area contributed by atoms with Gasteiger partial charge < -0.3 is 9.47 Å². The number of carbonyl (C=O) groups excluding carboxylic acids is 1. The molecular formula is C21H20FN3O. The van der Waals surface area contributed by atoms with Crippen LogP contribution in [0.15, 0.2) is 67.0 Å². The number of imidazole rings is 1. The van der Waals surface area contributed by atoms with Crippen molar-refractivity contribution in [2.75, 3.05) is 0 Å². The van der Waals surface area contributed by atoms with Crippen LogP contribution >= 0.6 is 0 Å². The zero-order valence-electron chi connectivity index (χ0n) is 14.4. The number of aryl methyl sites for hydroxylation is 1. The van der Waals surface area contributed by atoms with Gasteiger partial charge in [-0.3, -0.25) is 4.79 Å². The minimum atomic E-state index is -0.255. The number of rotatable bonds is 4. The first kappa shape index (κ1) is 16.5. The lowest BCUT2D eigenvalue weighted by molar-refractivity contribution is -0.135. The van der Waals surface area contributed by atoms with E-state index in [-0.39, 0.29) is 24.2 Å². The number of carbonyl (C=O) groups is 1. The number of benzene rings is 2. The van der Waals surface area contributed by atoms with Crippen molar-refractivity contribution in [2.45, 2.75) is 32.0 Å². The van der Waals surface area contributed by atoms with E-state index in [9.17, 15) is 9.18 Å². The molecule has 0 unspecified atom stereocenters. The van der Waals surface area contributed by atoms with Gasteiger partial charge in [0.25, 0.3) is 0 Å². The van der Waals surface area contributed by atoms with Crippen LogP contribution in [0.4, 0.5) is 4.39 Å². The van der Waals surface area contributed by atoms with E-state index < -0.39 is 0 Å². The third kappa shape index (κ3) is 3.25. The van der Waals surface area contributed by atoms with Crippen molar-refractivity contribution >= 4 is 5.91 Å². The van der Waals surface area contributed by atoms with E-state index in [1.165, 1.54) is 6.07 Å². The van der Waals surface area contributed by atoms with Crippen LogP contribution in [0.1, 0.15) is 29.4 Å². The summed E-state index contributed by atoms with van der Waals surface area (Å²) in [5.74, 6) is 0.655. The van der Waals surface area contributed by atoms with Crippen LogP contribution in [0.5, 0.6) is 0 Å². The van der Waals surface area contributed by atoms with E-state index in [2.05, 4.69) is 9.55 Å². The van der Waals surface area contributed by atoms with Crippen LogP contribution in [-0.2, 0) is 24.3 Å². The molecule has 5 heteroatoms. The van der Waals surface area contributed by atoms with Gasteiger partial charge in [0.05, 0.1) is 12.6 Å². The number of amides is 1. The summed E-state index contributed by atoms with van der Waals surface area (Å²) in [6, 6.07) is 16.6. The smallest absolute Gasteiger partial charge is 0.223 e. The zero-order valence-corrected chi connectivity index (χ0v) is 14.4. The molecule has 2 heterocycles. The molecule has 0 saturated carbocycles. The third-order valence-corrected chi connectivity index (χ3v) is 4.93. The first-order chi connectivity index (χ1) is 12.7. The van der Waals surface area contributed by atoms with Gasteiger partial charge in [-0.1, -0.05) is 48.5 Å². The summed E-state index contributed by atoms with van der Waals surface area (Å²) in [7, 11) is 0. The fraction of sp³-hybridized carbons (Fsp3) is 0.238. The van der Waals surface area contributed by atoms with E-state index in [1.54, 1.807) is 24.4 Å². The predicted octanol–water partition coefficient (Wildman–Crippen LogP) is 3.74. The minimum absolute atomic E-state index is 0.0244. The number of hydrogen-bond donors (Lipinski definition) is 0. The van der Waals surface area contributed by atoms with E-state index in [0.29, 0.717) is 25.1 Å². The molecule has 2 aromatic carbocycles. The minimum Gasteiger partial charge on any atom is -0.331 e. The molecule has 4 rings (SSSR count). The predicted molar refractivity (Wildman–Crippen MR) is 96.7 cm³/mol. The molecule has 26 heavy (non-hydrogen) atoms. The second-order valence-corrected chi connectivity index (χ2v) is 6.54. The molecule has 0 spiro atoms. The molecular weight excluding hydrogens is 329 g/mol. The van der Waals surface area contributed by atoms with Crippen molar-refractivity contribution in [1.29, 1.82) is 0 Å². The molecule has 3 aromatic rings. The molecule has 0 N–H and O–H groups in total. The van der Waals surface area contributed by atoms with Crippen LogP contribution in [0.25, 0.3) is 0 Å². The fourth-order valence-electron chi connectivity index (χ4n) is 3.51. The number of hydrogen-bond acceptors (Lipinski definition) is 2. The average molecular weight is 349 g/mol. The Labute approximate surface area is 151 Å². The Morgan fingerprint density at radius 2 is 1.88 bits per heavy atom. The average Bonchev–Trinajstić information content (AvgIpc) is 3.14. The lowest BCUT2D eigenvalue weighted by Gasteiger charge is -2.36. The van der Waals surface area contributed by atoms with Crippen molar-refractivity contribution in [3.63, 3.8) is 0 Å². The molecule has 0 aliphatic carbocycles. The maximum Gasteiger partial charge on any atom is 0.223 e. The Balaban J connectivity index is 1.56. The van der Waals surface area contributed by atoms with Crippen molar-refractivity contribution in [3.8, 4) is 0 Å². The normalized spacial score (nSPS) is 16.3. The Morgan fingerprint density at radius 1 is 1.12 bits per heavy atom. The quantitative estimate of drug-likeness (QED) is 0.720. The van der Waals surface area contributed by atoms with Gasteiger partial charge in [0.1, 0.15) is 11.6 Å². The van der Waals surface area contributed by atoms with E-state index in [0.717, 1.165) is 11.4 Å². The van der Waals surface area contributed by atoms with Gasteiger partial charge in [0.15, 0.2) is 0 Å². The van der Waals surface area contributed by atoms with Gasteiger partial charge in [-0.05, 0) is 23.6 Å². The van der Waals surface area contributed by atoms with Crippen LogP contribution in [-0.4, -0.2) is 20.4 Å². The first-order valence-corrected chi connectivity index (χ1v) is 8.80. The lowest BCUT2D eigenvalue weighted by Crippen LogP contribution is -2.41. The van der Waals surface area contributed by atoms with Crippen LogP contribution in [0, 0.1) is 5.82 Å². The molecule has 0 bridgehead atoms. The van der Waals surface area contributed by atoms with Crippen molar-refractivity contribution in [1.82, 2.24) is 14.5 Å². The van der Waals surface area contributed by atoms with E-state index >= 15 is 0 Å². The number of nitrogens with zero attached hydrogens (tertiary/aromatic N) is 3. The summed E-state index contributed by atoms with van der Waals surface area (Å²) in [5.41, 5.74) is 1.68. The van der Waals surface area contributed by atoms with Gasteiger partial charge in [-0.25, -0.2) is 9.37 Å². The van der Waals surface area contributed by atoms with Crippen molar-refractivity contribution < 1.29 is 9.18 Å². The topological polar surface area (TPSA) is 38.1 Å². The number of halogens is 1. The monoisotopic (exact) mass is 349 g/mol. The zero-order chi connectivity index (χ0) is 17.9. The molecule has 1 aromatic heterocycles. The lowest BCUT2D eigenvalue weighted by atomic mass is 10.0. The number of fused-ring (bicyclic) bond motifs is 1. The largest absolute Gasteiger partial charge is 0.331 e. The Kier molecular flexibility index (Phi) is 4.52. The Bertz CT molecular complexity index is 906. The van der Waals surface area contributed by atoms with Gasteiger partial charge in [-0.2, -0.15) is 0 Å². The van der Waals surface area contributed by atoms with Gasteiger partial charge in [0.2, 0.25) is 5.91 Å². The maximum absolute atomic E-state index is 13.8. The van der Waals surface area contributed by atoms with Crippen LogP contribution in [0.2, 0.25) is 0 Å². The van der Waals surface area contributed by atoms with Crippen molar-refractivity contribution in [3.05, 3.63) is 89.8 Å². The van der Waals surface area contributed by atoms with Gasteiger partial charge >= 0.3 is 0 Å². The molecule has 0 fully saturated rings. The summed E-state index contributed by atoms with van der Waals surface area (Å²) in [6.45, 7) is 1.16. The van der Waals surface area contributed by atoms with Crippen LogP contribution in [0.3, 0.4) is 0 Å². The van der Waals surface area contributed by atoms with Crippen molar-refractivity contribution in [2.24, 2.45) is 0 Å². The summed E-state index contributed by atoms with van der Waals surface area (Å²) in [5, 5.41) is 0. The summed E-state index contributed by atoms with van der Waals surface area (Å²) < 4.78 is 15.9. The van der Waals surface area contributed by atoms with E-state index in [4.69, 9.17) is 0 Å². The SMILES string of the molecule is O=C(CCc1ccccc1F)N1Cc2nccn2C[C@H]1c1ccccc1. The molecule has 1 atom stereocenters. The second kappa shape index (κ2) is 7.12. The van der Waals surface area contributed by atoms with Crippen LogP contribution < -0.4 is 0 Å². The fourth-order valence-corrected chi connectivity index (χ4v) is 3.51. The molecule has 4 nitrogen and oxygen atoms in total. The van der Waals surface area contributed by atoms with Gasteiger partial charge in [-0.15, -0.1) is 0 Å². The second-order valence-electron chi connectivity index (χ2n) is 6.54. The summed E-state index contributed by atoms with van der Waals surface area (Å²) in [4.78, 5) is 19.2. The third-order valence-electron chi connectivity index (χ3n) is 4.93. The highest BCUT2D eigenvalue weighted by Crippen LogP contribution is 2.30. The summed E-state index contributed by atoms with van der Waals surface area (Å²) in [6.07, 6.45) is 4.40. The first-order valence-electron chi connectivity index (χ1n) is 8.80. The standard InChI is InChI=1S/C21H20FN3O/c22-18-9-5-4-6-16(18)10-11-21(26)25-15-20-23-12-13-24(20)14-19(25)17-7-2-1-3-8-17/h1-9,12-13,19H,10-11,14-15H2/t19-/m0/s1.